The van der Waals surface area contributed by atoms with Crippen LogP contribution >= 0.6 is 22.9 Å². The van der Waals surface area contributed by atoms with Crippen LogP contribution < -0.4 is 10.2 Å². The highest BCUT2D eigenvalue weighted by Gasteiger charge is 2.22. The third-order valence-electron chi connectivity index (χ3n) is 4.96. The van der Waals surface area contributed by atoms with E-state index in [1.807, 2.05) is 12.1 Å². The number of nitrogens with zero attached hydrogens (tertiary/aromatic N) is 3. The summed E-state index contributed by atoms with van der Waals surface area (Å²) in [4.78, 5) is 22.4. The molecule has 0 saturated carbocycles. The van der Waals surface area contributed by atoms with Crippen molar-refractivity contribution in [1.29, 1.82) is 0 Å². The van der Waals surface area contributed by atoms with Gasteiger partial charge in [0.2, 0.25) is 0 Å². The van der Waals surface area contributed by atoms with Gasteiger partial charge in [0.25, 0.3) is 0 Å². The van der Waals surface area contributed by atoms with E-state index in [1.54, 1.807) is 23.7 Å². The molecule has 0 bridgehead atoms. The van der Waals surface area contributed by atoms with Crippen LogP contribution in [0, 0.1) is 0 Å². The molecule has 1 fully saturated rings. The maximum atomic E-state index is 11.0. The minimum atomic E-state index is 0.456. The zero-order chi connectivity index (χ0) is 18.1. The van der Waals surface area contributed by atoms with Gasteiger partial charge in [0.15, 0.2) is 6.29 Å². The number of halogens is 1. The standard InChI is InChI=1S/C19H19ClN4OS/c1-24(14-4-6-21-7-5-14)19-18-17(22-11-23-19)15(10-26-18)12-2-3-13(9-25)16(20)8-12/h2-3,8-11,14,21H,4-7H2,1H3. The third-order valence-corrected chi connectivity index (χ3v) is 6.26. The molecule has 0 radical (unpaired) electrons. The highest BCUT2D eigenvalue weighted by molar-refractivity contribution is 7.18. The van der Waals surface area contributed by atoms with Gasteiger partial charge in [-0.1, -0.05) is 17.7 Å². The zero-order valence-electron chi connectivity index (χ0n) is 14.4. The van der Waals surface area contributed by atoms with Gasteiger partial charge < -0.3 is 10.2 Å². The molecule has 2 aromatic heterocycles. The van der Waals surface area contributed by atoms with Crippen molar-refractivity contribution in [3.63, 3.8) is 0 Å². The molecule has 0 aliphatic carbocycles. The van der Waals surface area contributed by atoms with Gasteiger partial charge in [-0.15, -0.1) is 11.3 Å². The average molecular weight is 387 g/mol. The van der Waals surface area contributed by atoms with Crippen molar-refractivity contribution < 1.29 is 4.79 Å². The van der Waals surface area contributed by atoms with Crippen molar-refractivity contribution in [2.75, 3.05) is 25.0 Å². The van der Waals surface area contributed by atoms with Crippen LogP contribution in [0.3, 0.4) is 0 Å². The summed E-state index contributed by atoms with van der Waals surface area (Å²) in [6.07, 6.45) is 4.63. The lowest BCUT2D eigenvalue weighted by Crippen LogP contribution is -2.41. The number of thiophene rings is 1. The van der Waals surface area contributed by atoms with E-state index in [9.17, 15) is 4.79 Å². The summed E-state index contributed by atoms with van der Waals surface area (Å²) in [5.74, 6) is 0.980. The normalized spacial score (nSPS) is 15.3. The predicted octanol–water partition coefficient (Wildman–Crippen LogP) is 4.01. The van der Waals surface area contributed by atoms with E-state index in [0.717, 1.165) is 59.4 Å². The molecular formula is C19H19ClN4OS. The zero-order valence-corrected chi connectivity index (χ0v) is 16.0. The summed E-state index contributed by atoms with van der Waals surface area (Å²) in [7, 11) is 2.12. The molecule has 7 heteroatoms. The molecule has 4 rings (SSSR count). The van der Waals surface area contributed by atoms with Gasteiger partial charge in [0, 0.05) is 29.6 Å². The second kappa shape index (κ2) is 7.31. The van der Waals surface area contributed by atoms with Gasteiger partial charge >= 0.3 is 0 Å². The smallest absolute Gasteiger partial charge is 0.151 e. The van der Waals surface area contributed by atoms with Crippen LogP contribution in [0.15, 0.2) is 29.9 Å². The molecule has 0 spiro atoms. The fraction of sp³-hybridized carbons (Fsp3) is 0.316. The number of piperidine rings is 1. The van der Waals surface area contributed by atoms with Crippen molar-refractivity contribution in [2.24, 2.45) is 0 Å². The predicted molar refractivity (Wildman–Crippen MR) is 108 cm³/mol. The quantitative estimate of drug-likeness (QED) is 0.686. The summed E-state index contributed by atoms with van der Waals surface area (Å²) >= 11 is 7.85. The van der Waals surface area contributed by atoms with Gasteiger partial charge in [-0.3, -0.25) is 4.79 Å². The molecule has 0 atom stereocenters. The number of nitrogens with one attached hydrogen (secondary N) is 1. The van der Waals surface area contributed by atoms with E-state index in [0.29, 0.717) is 16.6 Å². The Kier molecular flexibility index (Phi) is 4.89. The molecule has 134 valence electrons. The Morgan fingerprint density at radius 2 is 2.12 bits per heavy atom. The maximum absolute atomic E-state index is 11.0. The van der Waals surface area contributed by atoms with Crippen LogP contribution in [0.5, 0.6) is 0 Å². The summed E-state index contributed by atoms with van der Waals surface area (Å²) in [6, 6.07) is 5.97. The topological polar surface area (TPSA) is 58.1 Å². The second-order valence-electron chi connectivity index (χ2n) is 6.47. The molecule has 26 heavy (non-hydrogen) atoms. The van der Waals surface area contributed by atoms with Crippen LogP contribution in [0.4, 0.5) is 5.82 Å². The molecule has 3 aromatic rings. The fourth-order valence-electron chi connectivity index (χ4n) is 3.45. The van der Waals surface area contributed by atoms with Crippen molar-refractivity contribution in [3.05, 3.63) is 40.5 Å². The Balaban J connectivity index is 1.75. The number of benzene rings is 1. The number of aromatic nitrogens is 2. The summed E-state index contributed by atoms with van der Waals surface area (Å²) in [6.45, 7) is 2.08. The molecule has 1 saturated heterocycles. The molecule has 0 amide bonds. The summed E-state index contributed by atoms with van der Waals surface area (Å²) in [5.41, 5.74) is 3.40. The van der Waals surface area contributed by atoms with E-state index in [1.165, 1.54) is 0 Å². The first-order valence-electron chi connectivity index (χ1n) is 8.60. The minimum absolute atomic E-state index is 0.456. The third kappa shape index (κ3) is 3.09. The van der Waals surface area contributed by atoms with Crippen LogP contribution in [0.25, 0.3) is 21.3 Å². The number of hydrogen-bond donors (Lipinski definition) is 1. The minimum Gasteiger partial charge on any atom is -0.355 e. The largest absolute Gasteiger partial charge is 0.355 e. The van der Waals surface area contributed by atoms with Crippen LogP contribution in [0.1, 0.15) is 23.2 Å². The van der Waals surface area contributed by atoms with Crippen molar-refractivity contribution in [1.82, 2.24) is 15.3 Å². The fourth-order valence-corrected chi connectivity index (χ4v) is 4.74. The Labute approximate surface area is 161 Å². The first-order chi connectivity index (χ1) is 12.7. The highest BCUT2D eigenvalue weighted by atomic mass is 35.5. The number of fused-ring (bicyclic) bond motifs is 1. The summed E-state index contributed by atoms with van der Waals surface area (Å²) < 4.78 is 1.08. The van der Waals surface area contributed by atoms with E-state index >= 15 is 0 Å². The number of carbonyl (C=O) groups excluding carboxylic acids is 1. The van der Waals surface area contributed by atoms with E-state index in [4.69, 9.17) is 11.6 Å². The van der Waals surface area contributed by atoms with E-state index < -0.39 is 0 Å². The van der Waals surface area contributed by atoms with Crippen molar-refractivity contribution >= 4 is 45.3 Å². The Morgan fingerprint density at radius 3 is 2.85 bits per heavy atom. The number of aldehydes is 1. The second-order valence-corrected chi connectivity index (χ2v) is 7.76. The molecule has 1 aliphatic rings. The van der Waals surface area contributed by atoms with Gasteiger partial charge in [-0.05, 0) is 43.6 Å². The van der Waals surface area contributed by atoms with Gasteiger partial charge in [0.1, 0.15) is 12.1 Å². The van der Waals surface area contributed by atoms with E-state index in [-0.39, 0.29) is 0 Å². The monoisotopic (exact) mass is 386 g/mol. The Hall–Kier alpha value is -2.02. The van der Waals surface area contributed by atoms with Crippen LogP contribution in [-0.4, -0.2) is 42.4 Å². The first kappa shape index (κ1) is 17.4. The number of hydrogen-bond acceptors (Lipinski definition) is 6. The lowest BCUT2D eigenvalue weighted by Gasteiger charge is -2.32. The van der Waals surface area contributed by atoms with E-state index in [2.05, 4.69) is 32.6 Å². The average Bonchev–Trinajstić information content (AvgIpc) is 3.12. The highest BCUT2D eigenvalue weighted by Crippen LogP contribution is 2.38. The molecule has 5 nitrogen and oxygen atoms in total. The molecular weight excluding hydrogens is 368 g/mol. The lowest BCUT2D eigenvalue weighted by molar-refractivity contribution is 0.112. The van der Waals surface area contributed by atoms with Crippen LogP contribution in [-0.2, 0) is 0 Å². The molecule has 1 aliphatic heterocycles. The summed E-state index contributed by atoms with van der Waals surface area (Å²) in [5, 5.41) is 5.95. The van der Waals surface area contributed by atoms with Crippen molar-refractivity contribution in [2.45, 2.75) is 18.9 Å². The first-order valence-corrected chi connectivity index (χ1v) is 9.85. The maximum Gasteiger partial charge on any atom is 0.151 e. The molecule has 1 aromatic carbocycles. The number of anilines is 1. The van der Waals surface area contributed by atoms with Gasteiger partial charge in [-0.2, -0.15) is 0 Å². The molecule has 1 N–H and O–H groups in total. The molecule has 3 heterocycles. The van der Waals surface area contributed by atoms with Gasteiger partial charge in [-0.25, -0.2) is 9.97 Å². The molecule has 0 unspecified atom stereocenters. The lowest BCUT2D eigenvalue weighted by atomic mass is 10.0. The Morgan fingerprint density at radius 1 is 1.31 bits per heavy atom. The Bertz CT molecular complexity index is 952. The SMILES string of the molecule is CN(c1ncnc2c(-c3ccc(C=O)c(Cl)c3)csc12)C1CCNCC1. The van der Waals surface area contributed by atoms with Crippen molar-refractivity contribution in [3.8, 4) is 11.1 Å². The van der Waals surface area contributed by atoms with Gasteiger partial charge in [0.05, 0.1) is 15.2 Å². The number of rotatable bonds is 4. The van der Waals surface area contributed by atoms with Crippen LogP contribution in [0.2, 0.25) is 5.02 Å². The number of carbonyl (C=O) groups is 1.